The number of nitrogens with one attached hydrogen (secondary N) is 1. The molecule has 24 heavy (non-hydrogen) atoms. The van der Waals surface area contributed by atoms with Gasteiger partial charge in [0.15, 0.2) is 0 Å². The third-order valence-electron chi connectivity index (χ3n) is 3.60. The summed E-state index contributed by atoms with van der Waals surface area (Å²) >= 11 is 9.45. The van der Waals surface area contributed by atoms with Crippen molar-refractivity contribution in [1.29, 1.82) is 0 Å². The largest absolute Gasteiger partial charge is 0.489 e. The van der Waals surface area contributed by atoms with E-state index in [2.05, 4.69) is 34.2 Å². The minimum Gasteiger partial charge on any atom is -0.489 e. The van der Waals surface area contributed by atoms with Crippen molar-refractivity contribution in [2.45, 2.75) is 39.3 Å². The van der Waals surface area contributed by atoms with E-state index in [0.717, 1.165) is 33.9 Å². The van der Waals surface area contributed by atoms with Gasteiger partial charge in [-0.15, -0.1) is 12.4 Å². The van der Waals surface area contributed by atoms with Gasteiger partial charge in [0.2, 0.25) is 0 Å². The highest BCUT2D eigenvalue weighted by Crippen LogP contribution is 2.24. The maximum Gasteiger partial charge on any atom is 0.124 e. The monoisotopic (exact) mass is 431 g/mol. The van der Waals surface area contributed by atoms with Gasteiger partial charge in [0.25, 0.3) is 0 Å². The number of hydrogen-bond acceptors (Lipinski definition) is 2. The molecule has 1 N–H and O–H groups in total. The quantitative estimate of drug-likeness (QED) is 0.464. The molecule has 0 unspecified atom stereocenters. The minimum absolute atomic E-state index is 0. The lowest BCUT2D eigenvalue weighted by atomic mass is 10.2. The van der Waals surface area contributed by atoms with Crippen molar-refractivity contribution in [1.82, 2.24) is 5.32 Å². The van der Waals surface area contributed by atoms with Crippen molar-refractivity contribution in [3.05, 3.63) is 63.1 Å². The first-order valence-electron chi connectivity index (χ1n) is 8.05. The van der Waals surface area contributed by atoms with E-state index < -0.39 is 0 Å². The Morgan fingerprint density at radius 3 is 2.54 bits per heavy atom. The second-order valence-electron chi connectivity index (χ2n) is 5.55. The van der Waals surface area contributed by atoms with Crippen LogP contribution in [0.3, 0.4) is 0 Å². The number of halogens is 3. The van der Waals surface area contributed by atoms with Crippen LogP contribution in [0.15, 0.2) is 46.9 Å². The Kier molecular flexibility index (Phi) is 10.4. The van der Waals surface area contributed by atoms with Crippen LogP contribution in [0.2, 0.25) is 5.02 Å². The van der Waals surface area contributed by atoms with Crippen LogP contribution >= 0.6 is 39.9 Å². The zero-order chi connectivity index (χ0) is 16.5. The van der Waals surface area contributed by atoms with Gasteiger partial charge in [-0.25, -0.2) is 0 Å². The maximum atomic E-state index is 5.99. The third kappa shape index (κ3) is 7.43. The van der Waals surface area contributed by atoms with Crippen molar-refractivity contribution in [3.8, 4) is 5.75 Å². The van der Waals surface area contributed by atoms with Crippen LogP contribution in [0, 0.1) is 0 Å². The summed E-state index contributed by atoms with van der Waals surface area (Å²) in [5.41, 5.74) is 2.28. The molecule has 2 rings (SSSR count). The van der Waals surface area contributed by atoms with Crippen LogP contribution in [0.5, 0.6) is 5.75 Å². The molecule has 0 saturated carbocycles. The molecule has 2 aromatic carbocycles. The first kappa shape index (κ1) is 21.3. The summed E-state index contributed by atoms with van der Waals surface area (Å²) in [5.74, 6) is 0.922. The van der Waals surface area contributed by atoms with Crippen molar-refractivity contribution < 1.29 is 4.74 Å². The zero-order valence-corrected chi connectivity index (χ0v) is 17.0. The lowest BCUT2D eigenvalue weighted by Crippen LogP contribution is -2.15. The average Bonchev–Trinajstić information content (AvgIpc) is 2.55. The van der Waals surface area contributed by atoms with E-state index in [1.54, 1.807) is 0 Å². The van der Waals surface area contributed by atoms with Crippen molar-refractivity contribution in [3.63, 3.8) is 0 Å². The Hall–Kier alpha value is -0.740. The topological polar surface area (TPSA) is 21.3 Å². The SMILES string of the molecule is CCCCCNCc1cc(Br)ccc1OCc1ccc(Cl)cc1.Cl. The van der Waals surface area contributed by atoms with E-state index >= 15 is 0 Å². The van der Waals surface area contributed by atoms with Gasteiger partial charge in [0.1, 0.15) is 12.4 Å². The molecular formula is C19H24BrCl2NO. The molecular weight excluding hydrogens is 409 g/mol. The fraction of sp³-hybridized carbons (Fsp3) is 0.368. The molecule has 0 aliphatic heterocycles. The molecule has 0 atom stereocenters. The number of hydrogen-bond donors (Lipinski definition) is 1. The van der Waals surface area contributed by atoms with Crippen molar-refractivity contribution in [2.24, 2.45) is 0 Å². The fourth-order valence-corrected chi connectivity index (χ4v) is 2.83. The molecule has 132 valence electrons. The highest BCUT2D eigenvalue weighted by atomic mass is 79.9. The molecule has 5 heteroatoms. The van der Waals surface area contributed by atoms with Crippen molar-refractivity contribution >= 4 is 39.9 Å². The van der Waals surface area contributed by atoms with E-state index in [9.17, 15) is 0 Å². The number of unbranched alkanes of at least 4 members (excludes halogenated alkanes) is 2. The van der Waals surface area contributed by atoms with Gasteiger partial charge in [0.05, 0.1) is 0 Å². The van der Waals surface area contributed by atoms with Gasteiger partial charge >= 0.3 is 0 Å². The Balaban J connectivity index is 0.00000288. The Bertz CT molecular complexity index is 605. The van der Waals surface area contributed by atoms with Gasteiger partial charge in [0, 0.05) is 21.6 Å². The molecule has 0 aromatic heterocycles. The highest BCUT2D eigenvalue weighted by Gasteiger charge is 2.05. The maximum absolute atomic E-state index is 5.99. The number of rotatable bonds is 9. The highest BCUT2D eigenvalue weighted by molar-refractivity contribution is 9.10. The zero-order valence-electron chi connectivity index (χ0n) is 13.9. The van der Waals surface area contributed by atoms with Crippen LogP contribution in [-0.4, -0.2) is 6.54 Å². The summed E-state index contributed by atoms with van der Waals surface area (Å²) in [6.07, 6.45) is 3.73. The Morgan fingerprint density at radius 1 is 1.08 bits per heavy atom. The Labute approximate surface area is 164 Å². The normalized spacial score (nSPS) is 10.3. The van der Waals surface area contributed by atoms with Gasteiger partial charge in [-0.2, -0.15) is 0 Å². The summed E-state index contributed by atoms with van der Waals surface area (Å²) < 4.78 is 7.06. The summed E-state index contributed by atoms with van der Waals surface area (Å²) in [5, 5.41) is 4.24. The Morgan fingerprint density at radius 2 is 1.83 bits per heavy atom. The second kappa shape index (κ2) is 11.8. The molecule has 2 nitrogen and oxygen atoms in total. The van der Waals surface area contributed by atoms with Crippen molar-refractivity contribution in [2.75, 3.05) is 6.54 Å². The van der Waals surface area contributed by atoms with Gasteiger partial charge in [-0.1, -0.05) is 59.4 Å². The van der Waals surface area contributed by atoms with Crippen LogP contribution in [-0.2, 0) is 13.2 Å². The predicted octanol–water partition coefficient (Wildman–Crippen LogP) is 6.38. The van der Waals surface area contributed by atoms with Crippen LogP contribution in [0.25, 0.3) is 0 Å². The van der Waals surface area contributed by atoms with E-state index in [0.29, 0.717) is 6.61 Å². The molecule has 0 saturated heterocycles. The predicted molar refractivity (Wildman–Crippen MR) is 108 cm³/mol. The first-order chi connectivity index (χ1) is 11.2. The van der Waals surface area contributed by atoms with E-state index in [4.69, 9.17) is 16.3 Å². The van der Waals surface area contributed by atoms with E-state index in [1.165, 1.54) is 24.8 Å². The standard InChI is InChI=1S/C19H23BrClNO.ClH/c1-2-3-4-11-22-13-16-12-17(20)7-10-19(16)23-14-15-5-8-18(21)9-6-15;/h5-10,12,22H,2-4,11,13-14H2,1H3;1H. The lowest BCUT2D eigenvalue weighted by Gasteiger charge is -2.13. The summed E-state index contributed by atoms with van der Waals surface area (Å²) in [6.45, 7) is 4.62. The second-order valence-corrected chi connectivity index (χ2v) is 6.90. The van der Waals surface area contributed by atoms with E-state index in [-0.39, 0.29) is 12.4 Å². The molecule has 0 aliphatic rings. The molecule has 0 fully saturated rings. The molecule has 0 bridgehead atoms. The summed E-state index contributed by atoms with van der Waals surface area (Å²) in [6, 6.07) is 13.9. The van der Waals surface area contributed by atoms with E-state index in [1.807, 2.05) is 36.4 Å². The number of benzene rings is 2. The summed E-state index contributed by atoms with van der Waals surface area (Å²) in [4.78, 5) is 0. The molecule has 0 radical (unpaired) electrons. The van der Waals surface area contributed by atoms with Crippen LogP contribution < -0.4 is 10.1 Å². The lowest BCUT2D eigenvalue weighted by molar-refractivity contribution is 0.302. The van der Waals surface area contributed by atoms with Gasteiger partial charge < -0.3 is 10.1 Å². The third-order valence-corrected chi connectivity index (χ3v) is 4.35. The molecule has 0 heterocycles. The first-order valence-corrected chi connectivity index (χ1v) is 9.22. The molecule has 0 amide bonds. The number of ether oxygens (including phenoxy) is 1. The molecule has 0 spiro atoms. The van der Waals surface area contributed by atoms with Crippen LogP contribution in [0.4, 0.5) is 0 Å². The fourth-order valence-electron chi connectivity index (χ4n) is 2.29. The van der Waals surface area contributed by atoms with Crippen LogP contribution in [0.1, 0.15) is 37.3 Å². The van der Waals surface area contributed by atoms with Gasteiger partial charge in [-0.3, -0.25) is 0 Å². The average molecular weight is 433 g/mol. The summed E-state index contributed by atoms with van der Waals surface area (Å²) in [7, 11) is 0. The molecule has 0 aliphatic carbocycles. The molecule has 2 aromatic rings. The minimum atomic E-state index is 0. The smallest absolute Gasteiger partial charge is 0.124 e. The van der Waals surface area contributed by atoms with Gasteiger partial charge in [-0.05, 0) is 48.9 Å².